The minimum absolute atomic E-state index is 0.0876. The summed E-state index contributed by atoms with van der Waals surface area (Å²) in [5, 5.41) is 22.2. The Morgan fingerprint density at radius 2 is 1.73 bits per heavy atom. The highest BCUT2D eigenvalue weighted by atomic mass is 16.6. The molecule has 1 unspecified atom stereocenters. The number of benzene rings is 3. The van der Waals surface area contributed by atoms with Crippen LogP contribution < -0.4 is 24.8 Å². The summed E-state index contributed by atoms with van der Waals surface area (Å²) in [5.74, 6) is 1.59. The van der Waals surface area contributed by atoms with Crippen LogP contribution in [0.15, 0.2) is 78.0 Å². The number of rotatable bonds is 8. The van der Waals surface area contributed by atoms with Crippen LogP contribution in [0.4, 0.5) is 17.3 Å². The maximum absolute atomic E-state index is 13.9. The molecule has 4 aromatic rings. The molecule has 1 aliphatic heterocycles. The van der Waals surface area contributed by atoms with Crippen LogP contribution in [0.2, 0.25) is 0 Å². The van der Waals surface area contributed by atoms with Gasteiger partial charge in [0.2, 0.25) is 5.95 Å². The molecule has 12 nitrogen and oxygen atoms in total. The number of aromatic nitrogens is 3. The van der Waals surface area contributed by atoms with E-state index in [1.54, 1.807) is 54.1 Å². The predicted molar refractivity (Wildman–Crippen MR) is 148 cm³/mol. The van der Waals surface area contributed by atoms with Crippen molar-refractivity contribution in [3.63, 3.8) is 0 Å². The zero-order valence-electron chi connectivity index (χ0n) is 22.2. The number of nitro groups is 1. The van der Waals surface area contributed by atoms with E-state index in [2.05, 4.69) is 15.6 Å². The van der Waals surface area contributed by atoms with Crippen molar-refractivity contribution in [2.45, 2.75) is 13.0 Å². The summed E-state index contributed by atoms with van der Waals surface area (Å²) in [7, 11) is 4.57. The zero-order chi connectivity index (χ0) is 28.4. The largest absolute Gasteiger partial charge is 0.495 e. The fourth-order valence-corrected chi connectivity index (χ4v) is 4.68. The van der Waals surface area contributed by atoms with Gasteiger partial charge in [0, 0.05) is 29.0 Å². The third kappa shape index (κ3) is 4.66. The maximum atomic E-state index is 13.9. The average molecular weight is 543 g/mol. The number of nitrogens with one attached hydrogen (secondary N) is 2. The number of fused-ring (bicyclic) bond motifs is 1. The molecular formula is C28H26N6O6. The number of hydrogen-bond acceptors (Lipinski definition) is 9. The number of allylic oxidation sites excluding steroid dienone is 1. The van der Waals surface area contributed by atoms with Gasteiger partial charge in [-0.1, -0.05) is 36.4 Å². The van der Waals surface area contributed by atoms with Gasteiger partial charge in [0.15, 0.2) is 17.3 Å². The topological polar surface area (TPSA) is 143 Å². The Bertz CT molecular complexity index is 1650. The molecule has 0 saturated carbocycles. The van der Waals surface area contributed by atoms with Crippen molar-refractivity contribution in [2.75, 3.05) is 32.0 Å². The molecule has 3 aromatic carbocycles. The predicted octanol–water partition coefficient (Wildman–Crippen LogP) is 4.81. The van der Waals surface area contributed by atoms with Crippen molar-refractivity contribution in [3.05, 3.63) is 93.7 Å². The van der Waals surface area contributed by atoms with Gasteiger partial charge in [0.05, 0.1) is 37.5 Å². The number of carbonyl (C=O) groups is 1. The molecule has 1 atom stereocenters. The Labute approximate surface area is 229 Å². The van der Waals surface area contributed by atoms with Gasteiger partial charge in [-0.3, -0.25) is 14.9 Å². The molecule has 5 rings (SSSR count). The Hall–Kier alpha value is -5.39. The molecule has 1 amide bonds. The fourth-order valence-electron chi connectivity index (χ4n) is 4.68. The summed E-state index contributed by atoms with van der Waals surface area (Å²) in [6.45, 7) is 1.77. The number of para-hydroxylation sites is 3. The number of ether oxygens (including phenoxy) is 3. The lowest BCUT2D eigenvalue weighted by Crippen LogP contribution is -2.32. The van der Waals surface area contributed by atoms with E-state index in [0.717, 1.165) is 0 Å². The first kappa shape index (κ1) is 26.2. The van der Waals surface area contributed by atoms with Gasteiger partial charge in [0.25, 0.3) is 11.6 Å². The monoisotopic (exact) mass is 542 g/mol. The number of hydrogen-bond donors (Lipinski definition) is 2. The average Bonchev–Trinajstić information content (AvgIpc) is 3.39. The summed E-state index contributed by atoms with van der Waals surface area (Å²) in [6, 6.07) is 17.7. The highest BCUT2D eigenvalue weighted by molar-refractivity contribution is 6.06. The molecular weight excluding hydrogens is 516 g/mol. The third-order valence-electron chi connectivity index (χ3n) is 6.50. The van der Waals surface area contributed by atoms with Gasteiger partial charge in [0.1, 0.15) is 11.8 Å². The van der Waals surface area contributed by atoms with E-state index in [1.807, 2.05) is 12.1 Å². The molecule has 2 heterocycles. The van der Waals surface area contributed by atoms with Crippen molar-refractivity contribution in [3.8, 4) is 28.6 Å². The van der Waals surface area contributed by atoms with Crippen molar-refractivity contribution in [1.82, 2.24) is 14.8 Å². The lowest BCUT2D eigenvalue weighted by molar-refractivity contribution is -0.384. The molecule has 1 aromatic heterocycles. The van der Waals surface area contributed by atoms with Crippen LogP contribution in [0.25, 0.3) is 11.4 Å². The van der Waals surface area contributed by atoms with Crippen molar-refractivity contribution in [1.29, 1.82) is 0 Å². The molecule has 0 spiro atoms. The minimum Gasteiger partial charge on any atom is -0.495 e. The highest BCUT2D eigenvalue weighted by Gasteiger charge is 2.37. The molecule has 0 radical (unpaired) electrons. The Kier molecular flexibility index (Phi) is 7.06. The Morgan fingerprint density at radius 1 is 1.00 bits per heavy atom. The van der Waals surface area contributed by atoms with Gasteiger partial charge < -0.3 is 24.8 Å². The second-order valence-electron chi connectivity index (χ2n) is 8.81. The standard InChI is InChI=1S/C28H26N6O6/c1-16-23(27(35)30-20-12-5-6-13-21(20)38-2)24(19-11-8-14-22(39-3)25(19)40-4)33-28(29-16)31-26(32-33)17-9-7-10-18(15-17)34(36)37/h5-15,24H,1-4H3,(H,30,35)(H,29,31,32). The van der Waals surface area contributed by atoms with Crippen LogP contribution in [-0.2, 0) is 4.79 Å². The number of amides is 1. The highest BCUT2D eigenvalue weighted by Crippen LogP contribution is 2.43. The number of carbonyl (C=O) groups excluding carboxylic acids is 1. The van der Waals surface area contributed by atoms with Gasteiger partial charge in [-0.05, 0) is 25.1 Å². The fraction of sp³-hybridized carbons (Fsp3) is 0.179. The first-order chi connectivity index (χ1) is 19.4. The maximum Gasteiger partial charge on any atom is 0.270 e. The van der Waals surface area contributed by atoms with E-state index in [4.69, 9.17) is 19.3 Å². The molecule has 1 aliphatic rings. The molecule has 0 saturated heterocycles. The van der Waals surface area contributed by atoms with E-state index in [-0.39, 0.29) is 11.5 Å². The SMILES string of the molecule is COc1ccccc1NC(=O)C1=C(C)Nc2nc(-c3cccc([N+](=O)[O-])c3)nn2C1c1cccc(OC)c1OC. The molecule has 2 N–H and O–H groups in total. The quantitative estimate of drug-likeness (QED) is 0.237. The normalized spacial score (nSPS) is 14.2. The van der Waals surface area contributed by atoms with Crippen LogP contribution in [0, 0.1) is 10.1 Å². The van der Waals surface area contributed by atoms with Crippen LogP contribution in [0.5, 0.6) is 17.2 Å². The number of nitro benzene ring substituents is 1. The molecule has 0 fully saturated rings. The second kappa shape index (κ2) is 10.8. The number of nitrogens with zero attached hydrogens (tertiary/aromatic N) is 4. The summed E-state index contributed by atoms with van der Waals surface area (Å²) in [6.07, 6.45) is 0. The van der Waals surface area contributed by atoms with E-state index >= 15 is 0 Å². The second-order valence-corrected chi connectivity index (χ2v) is 8.81. The van der Waals surface area contributed by atoms with Gasteiger partial charge in [-0.15, -0.1) is 5.10 Å². The smallest absolute Gasteiger partial charge is 0.270 e. The van der Waals surface area contributed by atoms with Crippen molar-refractivity contribution < 1.29 is 23.9 Å². The lowest BCUT2D eigenvalue weighted by Gasteiger charge is -2.30. The Morgan fingerprint density at radius 3 is 2.45 bits per heavy atom. The van der Waals surface area contributed by atoms with Crippen LogP contribution in [-0.4, -0.2) is 46.9 Å². The molecule has 204 valence electrons. The van der Waals surface area contributed by atoms with E-state index < -0.39 is 16.9 Å². The minimum atomic E-state index is -0.795. The number of methoxy groups -OCH3 is 3. The summed E-state index contributed by atoms with van der Waals surface area (Å²) in [5.41, 5.74) is 2.34. The molecule has 12 heteroatoms. The van der Waals surface area contributed by atoms with E-state index in [9.17, 15) is 14.9 Å². The van der Waals surface area contributed by atoms with Gasteiger partial charge in [-0.2, -0.15) is 4.98 Å². The summed E-state index contributed by atoms with van der Waals surface area (Å²) in [4.78, 5) is 29.4. The van der Waals surface area contributed by atoms with E-state index in [1.165, 1.54) is 33.5 Å². The molecule has 40 heavy (non-hydrogen) atoms. The third-order valence-corrected chi connectivity index (χ3v) is 6.50. The van der Waals surface area contributed by atoms with Crippen molar-refractivity contribution >= 4 is 23.2 Å². The van der Waals surface area contributed by atoms with Crippen molar-refractivity contribution in [2.24, 2.45) is 0 Å². The number of anilines is 2. The van der Waals surface area contributed by atoms with Gasteiger partial charge >= 0.3 is 0 Å². The van der Waals surface area contributed by atoms with E-state index in [0.29, 0.717) is 51.3 Å². The first-order valence-electron chi connectivity index (χ1n) is 12.2. The lowest BCUT2D eigenvalue weighted by atomic mass is 9.94. The zero-order valence-corrected chi connectivity index (χ0v) is 22.2. The van der Waals surface area contributed by atoms with Crippen LogP contribution in [0.3, 0.4) is 0 Å². The molecule has 0 aliphatic carbocycles. The summed E-state index contributed by atoms with van der Waals surface area (Å²) >= 11 is 0. The first-order valence-corrected chi connectivity index (χ1v) is 12.2. The van der Waals surface area contributed by atoms with Crippen LogP contribution >= 0.6 is 0 Å². The van der Waals surface area contributed by atoms with Gasteiger partial charge in [-0.25, -0.2) is 4.68 Å². The van der Waals surface area contributed by atoms with Crippen LogP contribution in [0.1, 0.15) is 18.5 Å². The summed E-state index contributed by atoms with van der Waals surface area (Å²) < 4.78 is 18.2. The number of non-ortho nitro benzene ring substituents is 1. The molecule has 0 bridgehead atoms. The Balaban J connectivity index is 1.67.